The fourth-order valence-corrected chi connectivity index (χ4v) is 6.55. The lowest BCUT2D eigenvalue weighted by Gasteiger charge is -2.54. The molecule has 0 bridgehead atoms. The third-order valence-corrected chi connectivity index (χ3v) is 8.65. The van der Waals surface area contributed by atoms with Gasteiger partial charge in [-0.25, -0.2) is 9.37 Å². The van der Waals surface area contributed by atoms with Gasteiger partial charge in [0.25, 0.3) is 0 Å². The second-order valence-electron chi connectivity index (χ2n) is 11.5. The van der Waals surface area contributed by atoms with E-state index in [-0.39, 0.29) is 17.7 Å². The van der Waals surface area contributed by atoms with Gasteiger partial charge in [0.1, 0.15) is 11.6 Å². The number of imidazole rings is 1. The van der Waals surface area contributed by atoms with Gasteiger partial charge in [0.2, 0.25) is 0 Å². The van der Waals surface area contributed by atoms with E-state index in [9.17, 15) is 14.3 Å². The van der Waals surface area contributed by atoms with Crippen LogP contribution in [0.5, 0.6) is 0 Å². The topological polar surface area (TPSA) is 69.2 Å². The van der Waals surface area contributed by atoms with E-state index in [0.29, 0.717) is 6.42 Å². The van der Waals surface area contributed by atoms with Crippen LogP contribution in [-0.4, -0.2) is 46.1 Å². The summed E-state index contributed by atoms with van der Waals surface area (Å²) in [5.74, 6) is 0.323. The molecule has 4 rings (SSSR count). The number of aromatic amines is 1. The second-order valence-corrected chi connectivity index (χ2v) is 11.5. The van der Waals surface area contributed by atoms with Crippen LogP contribution in [0.25, 0.3) is 11.0 Å². The number of fused-ring (bicyclic) bond motifs is 2. The van der Waals surface area contributed by atoms with E-state index in [1.165, 1.54) is 6.07 Å². The first-order chi connectivity index (χ1) is 17.0. The largest absolute Gasteiger partial charge is 0.481 e. The van der Waals surface area contributed by atoms with Gasteiger partial charge >= 0.3 is 5.97 Å². The van der Waals surface area contributed by atoms with Crippen LogP contribution in [0, 0.1) is 22.6 Å². The van der Waals surface area contributed by atoms with Crippen molar-refractivity contribution in [3.05, 3.63) is 65.2 Å². The molecule has 1 aliphatic rings. The number of H-pyrrole nitrogens is 1. The van der Waals surface area contributed by atoms with Crippen LogP contribution in [-0.2, 0) is 17.6 Å². The van der Waals surface area contributed by atoms with Gasteiger partial charge in [-0.3, -0.25) is 4.79 Å². The number of benzene rings is 2. The van der Waals surface area contributed by atoms with Crippen molar-refractivity contribution >= 4 is 17.0 Å². The summed E-state index contributed by atoms with van der Waals surface area (Å²) in [6.45, 7) is 9.85. The highest BCUT2D eigenvalue weighted by Gasteiger charge is 2.56. The van der Waals surface area contributed by atoms with Crippen molar-refractivity contribution in [3.63, 3.8) is 0 Å². The predicted octanol–water partition coefficient (Wildman–Crippen LogP) is 6.44. The zero-order chi connectivity index (χ0) is 26.1. The van der Waals surface area contributed by atoms with Crippen molar-refractivity contribution in [2.24, 2.45) is 16.7 Å². The Balaban J connectivity index is 1.50. The minimum Gasteiger partial charge on any atom is -0.481 e. The lowest BCUT2D eigenvalue weighted by Crippen LogP contribution is -2.52. The summed E-state index contributed by atoms with van der Waals surface area (Å²) >= 11 is 0. The lowest BCUT2D eigenvalue weighted by molar-refractivity contribution is -0.160. The minimum atomic E-state index is -0.914. The fourth-order valence-electron chi connectivity index (χ4n) is 6.55. The number of hydrogen-bond donors (Lipinski definition) is 2. The van der Waals surface area contributed by atoms with Crippen LogP contribution in [0.15, 0.2) is 42.5 Å². The maximum absolute atomic E-state index is 14.0. The molecular formula is C30H40FN3O2. The molecule has 0 saturated carbocycles. The van der Waals surface area contributed by atoms with Gasteiger partial charge in [-0.15, -0.1) is 0 Å². The molecule has 0 aliphatic heterocycles. The molecule has 5 nitrogen and oxygen atoms in total. The highest BCUT2D eigenvalue weighted by molar-refractivity contribution is 5.75. The molecule has 36 heavy (non-hydrogen) atoms. The van der Waals surface area contributed by atoms with E-state index < -0.39 is 16.8 Å². The summed E-state index contributed by atoms with van der Waals surface area (Å²) in [5, 5.41) is 10.4. The maximum Gasteiger partial charge on any atom is 0.309 e. The number of aliphatic carboxylic acids is 1. The number of aryl methyl sites for hydroxylation is 2. The highest BCUT2D eigenvalue weighted by Crippen LogP contribution is 2.60. The molecule has 0 spiro atoms. The van der Waals surface area contributed by atoms with Gasteiger partial charge in [-0.1, -0.05) is 32.0 Å². The lowest BCUT2D eigenvalue weighted by atomic mass is 9.49. The molecule has 1 aliphatic carbocycles. The third-order valence-electron chi connectivity index (χ3n) is 8.65. The first-order valence-corrected chi connectivity index (χ1v) is 13.2. The summed E-state index contributed by atoms with van der Waals surface area (Å²) < 4.78 is 14.0. The fraction of sp³-hybridized carbons (Fsp3) is 0.533. The van der Waals surface area contributed by atoms with Crippen molar-refractivity contribution in [2.75, 3.05) is 20.1 Å². The van der Waals surface area contributed by atoms with Crippen molar-refractivity contribution < 1.29 is 14.3 Å². The molecule has 6 heteroatoms. The van der Waals surface area contributed by atoms with Crippen LogP contribution in [0.4, 0.5) is 4.39 Å². The van der Waals surface area contributed by atoms with Crippen LogP contribution >= 0.6 is 0 Å². The van der Waals surface area contributed by atoms with Crippen LogP contribution in [0.1, 0.15) is 69.8 Å². The Morgan fingerprint density at radius 2 is 2.00 bits per heavy atom. The van der Waals surface area contributed by atoms with Gasteiger partial charge in [-0.2, -0.15) is 0 Å². The number of carbonyl (C=O) groups is 1. The molecule has 2 atom stereocenters. The number of carboxylic acid groups (broad SMARTS) is 1. The quantitative estimate of drug-likeness (QED) is 0.341. The molecule has 1 aromatic heterocycles. The Hall–Kier alpha value is -2.73. The Labute approximate surface area is 214 Å². The molecule has 2 N–H and O–H groups in total. The third kappa shape index (κ3) is 4.93. The van der Waals surface area contributed by atoms with E-state index in [4.69, 9.17) is 0 Å². The van der Waals surface area contributed by atoms with Gasteiger partial charge in [0, 0.05) is 6.42 Å². The summed E-state index contributed by atoms with van der Waals surface area (Å²) in [4.78, 5) is 23.0. The minimum absolute atomic E-state index is 0.0527. The number of aromatic nitrogens is 2. The number of rotatable bonds is 10. The summed E-state index contributed by atoms with van der Waals surface area (Å²) in [6, 6.07) is 13.2. The van der Waals surface area contributed by atoms with E-state index >= 15 is 0 Å². The van der Waals surface area contributed by atoms with Gasteiger partial charge in [0.05, 0.1) is 16.4 Å². The number of carboxylic acids is 1. The van der Waals surface area contributed by atoms with Crippen molar-refractivity contribution in [3.8, 4) is 0 Å². The maximum atomic E-state index is 14.0. The molecule has 2 aromatic carbocycles. The molecular weight excluding hydrogens is 453 g/mol. The van der Waals surface area contributed by atoms with Crippen molar-refractivity contribution in [1.29, 1.82) is 0 Å². The van der Waals surface area contributed by atoms with Crippen molar-refractivity contribution in [2.45, 2.75) is 65.7 Å². The average Bonchev–Trinajstić information content (AvgIpc) is 3.24. The first kappa shape index (κ1) is 26.3. The molecule has 0 unspecified atom stereocenters. The smallest absolute Gasteiger partial charge is 0.309 e. The zero-order valence-electron chi connectivity index (χ0n) is 22.3. The van der Waals surface area contributed by atoms with Gasteiger partial charge in [0.15, 0.2) is 0 Å². The molecule has 0 amide bonds. The SMILES string of the molecule is CC(C)[C@@H]1c2ccc(F)cc2CC[C@@]1(CCN(C)CCCc1nc2ccccc2[nH]1)C(C)(C)C(=O)O. The molecule has 0 saturated heterocycles. The van der Waals surface area contributed by atoms with E-state index in [2.05, 4.69) is 35.8 Å². The number of nitrogens with zero attached hydrogens (tertiary/aromatic N) is 2. The van der Waals surface area contributed by atoms with Crippen molar-refractivity contribution in [1.82, 2.24) is 14.9 Å². The number of hydrogen-bond acceptors (Lipinski definition) is 3. The highest BCUT2D eigenvalue weighted by atomic mass is 19.1. The van der Waals surface area contributed by atoms with Crippen LogP contribution in [0.3, 0.4) is 0 Å². The monoisotopic (exact) mass is 493 g/mol. The Kier molecular flexibility index (Phi) is 7.56. The number of nitrogens with one attached hydrogen (secondary N) is 1. The first-order valence-electron chi connectivity index (χ1n) is 13.2. The van der Waals surface area contributed by atoms with Crippen LogP contribution < -0.4 is 0 Å². The Bertz CT molecular complexity index is 1180. The normalized spacial score (nSPS) is 20.3. The van der Waals surface area contributed by atoms with Crippen LogP contribution in [0.2, 0.25) is 0 Å². The predicted molar refractivity (Wildman–Crippen MR) is 143 cm³/mol. The molecule has 1 heterocycles. The van der Waals surface area contributed by atoms with Gasteiger partial charge in [-0.05, 0) is 112 Å². The average molecular weight is 494 g/mol. The molecule has 194 valence electrons. The van der Waals surface area contributed by atoms with E-state index in [0.717, 1.165) is 66.8 Å². The van der Waals surface area contributed by atoms with E-state index in [1.54, 1.807) is 6.07 Å². The summed E-state index contributed by atoms with van der Waals surface area (Å²) in [6.07, 6.45) is 4.09. The summed E-state index contributed by atoms with van der Waals surface area (Å²) in [7, 11) is 2.12. The molecule has 0 fully saturated rings. The van der Waals surface area contributed by atoms with Gasteiger partial charge < -0.3 is 15.0 Å². The Morgan fingerprint density at radius 3 is 2.69 bits per heavy atom. The number of halogens is 1. The standard InChI is InChI=1S/C30H40FN3O2/c1-20(2)27-23-13-12-22(31)19-21(23)14-15-30(27,29(3,4)28(35)36)16-18-34(5)17-8-11-26-32-24-9-6-7-10-25(24)33-26/h6-7,9-10,12-13,19-20,27H,8,11,14-18H2,1-5H3,(H,32,33)(H,35,36)/t27-,30+/m1/s1. The molecule has 3 aromatic rings. The van der Waals surface area contributed by atoms with E-state index in [1.807, 2.05) is 44.2 Å². The Morgan fingerprint density at radius 1 is 1.25 bits per heavy atom. The zero-order valence-corrected chi connectivity index (χ0v) is 22.3. The number of para-hydroxylation sites is 2. The second kappa shape index (κ2) is 10.3. The molecule has 0 radical (unpaired) electrons. The summed E-state index contributed by atoms with van der Waals surface area (Å²) in [5.41, 5.74) is 2.88.